The van der Waals surface area contributed by atoms with E-state index in [-0.39, 0.29) is 12.7 Å². The number of hydrogen-bond acceptors (Lipinski definition) is 2. The summed E-state index contributed by atoms with van der Waals surface area (Å²) >= 11 is 0. The minimum atomic E-state index is -0.326. The Morgan fingerprint density at radius 1 is 1.10 bits per heavy atom. The van der Waals surface area contributed by atoms with Gasteiger partial charge in [-0.15, -0.1) is 0 Å². The van der Waals surface area contributed by atoms with Gasteiger partial charge in [-0.1, -0.05) is 36.4 Å². The molecule has 0 bridgehead atoms. The van der Waals surface area contributed by atoms with Gasteiger partial charge in [-0.05, 0) is 28.8 Å². The van der Waals surface area contributed by atoms with Crippen LogP contribution >= 0.6 is 0 Å². The summed E-state index contributed by atoms with van der Waals surface area (Å²) in [5.74, 6) is 0. The molecule has 1 saturated heterocycles. The van der Waals surface area contributed by atoms with Crippen LogP contribution in [0.5, 0.6) is 0 Å². The first kappa shape index (κ1) is 13.5. The molecule has 0 spiro atoms. The Morgan fingerprint density at radius 3 is 2.50 bits per heavy atom. The summed E-state index contributed by atoms with van der Waals surface area (Å²) in [5, 5.41) is 5.75. The first-order chi connectivity index (χ1) is 9.81. The van der Waals surface area contributed by atoms with Crippen molar-refractivity contribution in [3.63, 3.8) is 0 Å². The fraction of sp³-hybridized carbons (Fsp3) is 0.412. The molecule has 1 N–H and O–H groups in total. The molecule has 1 heterocycles. The second-order valence-corrected chi connectivity index (χ2v) is 5.47. The van der Waals surface area contributed by atoms with Crippen molar-refractivity contribution in [2.24, 2.45) is 0 Å². The third-order valence-electron chi connectivity index (χ3n) is 4.27. The Balaban J connectivity index is 2.05. The number of piperazine rings is 1. The van der Waals surface area contributed by atoms with E-state index in [0.29, 0.717) is 0 Å². The maximum Gasteiger partial charge on any atom is 0.109 e. The van der Waals surface area contributed by atoms with Crippen LogP contribution in [0.1, 0.15) is 17.2 Å². The molecular formula is C17H21FN2. The molecule has 2 aromatic rings. The molecule has 20 heavy (non-hydrogen) atoms. The van der Waals surface area contributed by atoms with Crippen LogP contribution in [0.2, 0.25) is 0 Å². The maximum absolute atomic E-state index is 13.7. The van der Waals surface area contributed by atoms with Gasteiger partial charge in [-0.3, -0.25) is 4.90 Å². The van der Waals surface area contributed by atoms with Crippen LogP contribution in [0, 0.1) is 6.92 Å². The van der Waals surface area contributed by atoms with Gasteiger partial charge >= 0.3 is 0 Å². The van der Waals surface area contributed by atoms with E-state index in [2.05, 4.69) is 41.4 Å². The number of fused-ring (bicyclic) bond motifs is 1. The van der Waals surface area contributed by atoms with Gasteiger partial charge in [0.05, 0.1) is 6.04 Å². The normalized spacial score (nSPS) is 18.3. The number of halogens is 1. The largest absolute Gasteiger partial charge is 0.314 e. The summed E-state index contributed by atoms with van der Waals surface area (Å²) < 4.78 is 13.7. The topological polar surface area (TPSA) is 15.3 Å². The molecule has 0 aliphatic carbocycles. The Kier molecular flexibility index (Phi) is 3.99. The highest BCUT2D eigenvalue weighted by Crippen LogP contribution is 2.30. The molecule has 1 atom stereocenters. The van der Waals surface area contributed by atoms with Crippen LogP contribution in [0.15, 0.2) is 36.4 Å². The zero-order chi connectivity index (χ0) is 13.9. The lowest BCUT2D eigenvalue weighted by molar-refractivity contribution is 0.148. The lowest BCUT2D eigenvalue weighted by atomic mass is 9.95. The van der Waals surface area contributed by atoms with E-state index >= 15 is 0 Å². The summed E-state index contributed by atoms with van der Waals surface area (Å²) in [6.45, 7) is 5.50. The summed E-state index contributed by atoms with van der Waals surface area (Å²) in [6, 6.07) is 12.4. The molecule has 106 valence electrons. The van der Waals surface area contributed by atoms with Crippen molar-refractivity contribution in [2.45, 2.75) is 13.0 Å². The number of alkyl halides is 1. The Hall–Kier alpha value is -1.45. The molecule has 1 aliphatic rings. The zero-order valence-electron chi connectivity index (χ0n) is 11.9. The Morgan fingerprint density at radius 2 is 1.80 bits per heavy atom. The fourth-order valence-corrected chi connectivity index (χ4v) is 3.13. The summed E-state index contributed by atoms with van der Waals surface area (Å²) in [5.41, 5.74) is 2.37. The molecule has 2 nitrogen and oxygen atoms in total. The van der Waals surface area contributed by atoms with E-state index in [0.717, 1.165) is 31.7 Å². The number of aryl methyl sites for hydroxylation is 1. The van der Waals surface area contributed by atoms with Crippen LogP contribution in [0.3, 0.4) is 0 Å². The smallest absolute Gasteiger partial charge is 0.109 e. The molecule has 0 unspecified atom stereocenters. The number of rotatable bonds is 3. The van der Waals surface area contributed by atoms with Gasteiger partial charge in [-0.25, -0.2) is 4.39 Å². The van der Waals surface area contributed by atoms with Crippen molar-refractivity contribution in [3.8, 4) is 0 Å². The van der Waals surface area contributed by atoms with Crippen molar-refractivity contribution in [1.82, 2.24) is 10.2 Å². The first-order valence-corrected chi connectivity index (χ1v) is 7.30. The SMILES string of the molecule is Cc1ccc([C@H](CF)N2CCNCC2)c2ccccc12. The molecule has 0 radical (unpaired) electrons. The van der Waals surface area contributed by atoms with Crippen LogP contribution in [-0.4, -0.2) is 37.8 Å². The number of hydrogen-bond donors (Lipinski definition) is 1. The van der Waals surface area contributed by atoms with E-state index in [4.69, 9.17) is 0 Å². The standard InChI is InChI=1S/C17H21FN2/c1-13-6-7-16(15-5-3-2-4-14(13)15)17(12-18)20-10-8-19-9-11-20/h2-7,17,19H,8-12H2,1H3/t17-/m0/s1. The Labute approximate surface area is 119 Å². The molecule has 0 saturated carbocycles. The van der Waals surface area contributed by atoms with Gasteiger partial charge in [0.25, 0.3) is 0 Å². The highest BCUT2D eigenvalue weighted by atomic mass is 19.1. The molecule has 3 rings (SSSR count). The van der Waals surface area contributed by atoms with E-state index < -0.39 is 0 Å². The van der Waals surface area contributed by atoms with Crippen molar-refractivity contribution < 1.29 is 4.39 Å². The van der Waals surface area contributed by atoms with Crippen molar-refractivity contribution in [3.05, 3.63) is 47.5 Å². The fourth-order valence-electron chi connectivity index (χ4n) is 3.13. The molecule has 1 aliphatic heterocycles. The molecular weight excluding hydrogens is 251 g/mol. The third-order valence-corrected chi connectivity index (χ3v) is 4.27. The van der Waals surface area contributed by atoms with Gasteiger partial charge in [0.1, 0.15) is 6.67 Å². The monoisotopic (exact) mass is 272 g/mol. The van der Waals surface area contributed by atoms with Crippen LogP contribution in [0.25, 0.3) is 10.8 Å². The van der Waals surface area contributed by atoms with Crippen LogP contribution in [0.4, 0.5) is 4.39 Å². The predicted octanol–water partition coefficient (Wildman–Crippen LogP) is 3.06. The summed E-state index contributed by atoms with van der Waals surface area (Å²) in [4.78, 5) is 2.26. The van der Waals surface area contributed by atoms with Crippen molar-refractivity contribution >= 4 is 10.8 Å². The minimum Gasteiger partial charge on any atom is -0.314 e. The average Bonchev–Trinajstić information content (AvgIpc) is 2.52. The molecule has 2 aromatic carbocycles. The van der Waals surface area contributed by atoms with Gasteiger partial charge in [-0.2, -0.15) is 0 Å². The third kappa shape index (κ3) is 2.43. The van der Waals surface area contributed by atoms with E-state index in [1.165, 1.54) is 16.3 Å². The van der Waals surface area contributed by atoms with Gasteiger partial charge < -0.3 is 5.32 Å². The predicted molar refractivity (Wildman–Crippen MR) is 81.8 cm³/mol. The summed E-state index contributed by atoms with van der Waals surface area (Å²) in [7, 11) is 0. The second kappa shape index (κ2) is 5.90. The maximum atomic E-state index is 13.7. The van der Waals surface area contributed by atoms with Crippen molar-refractivity contribution in [1.29, 1.82) is 0 Å². The molecule has 1 fully saturated rings. The second-order valence-electron chi connectivity index (χ2n) is 5.47. The van der Waals surface area contributed by atoms with Crippen LogP contribution in [-0.2, 0) is 0 Å². The number of nitrogens with zero attached hydrogens (tertiary/aromatic N) is 1. The average molecular weight is 272 g/mol. The lowest BCUT2D eigenvalue weighted by Crippen LogP contribution is -2.45. The molecule has 0 amide bonds. The minimum absolute atomic E-state index is 0.123. The first-order valence-electron chi connectivity index (χ1n) is 7.30. The summed E-state index contributed by atoms with van der Waals surface area (Å²) in [6.07, 6.45) is 0. The van der Waals surface area contributed by atoms with Gasteiger partial charge in [0.15, 0.2) is 0 Å². The lowest BCUT2D eigenvalue weighted by Gasteiger charge is -2.34. The Bertz CT molecular complexity index is 591. The highest BCUT2D eigenvalue weighted by molar-refractivity contribution is 5.88. The van der Waals surface area contributed by atoms with Gasteiger partial charge in [0, 0.05) is 26.2 Å². The van der Waals surface area contributed by atoms with Gasteiger partial charge in [0.2, 0.25) is 0 Å². The number of nitrogens with one attached hydrogen (secondary N) is 1. The van der Waals surface area contributed by atoms with E-state index in [1.807, 2.05) is 12.1 Å². The van der Waals surface area contributed by atoms with Crippen molar-refractivity contribution in [2.75, 3.05) is 32.9 Å². The molecule has 0 aromatic heterocycles. The van der Waals surface area contributed by atoms with E-state index in [1.54, 1.807) is 0 Å². The number of benzene rings is 2. The van der Waals surface area contributed by atoms with E-state index in [9.17, 15) is 4.39 Å². The highest BCUT2D eigenvalue weighted by Gasteiger charge is 2.23. The quantitative estimate of drug-likeness (QED) is 0.924. The zero-order valence-corrected chi connectivity index (χ0v) is 11.9. The van der Waals surface area contributed by atoms with Crippen LogP contribution < -0.4 is 5.32 Å². The molecule has 3 heteroatoms.